The minimum absolute atomic E-state index is 0.0836. The van der Waals surface area contributed by atoms with E-state index in [9.17, 15) is 4.39 Å². The summed E-state index contributed by atoms with van der Waals surface area (Å²) < 4.78 is 26.1. The van der Waals surface area contributed by atoms with Crippen molar-refractivity contribution >= 4 is 11.2 Å². The molecular formula is C26H20FN3O2. The van der Waals surface area contributed by atoms with Crippen molar-refractivity contribution in [1.29, 1.82) is 0 Å². The van der Waals surface area contributed by atoms with Gasteiger partial charge in [-0.3, -0.25) is 0 Å². The zero-order chi connectivity index (χ0) is 21.8. The van der Waals surface area contributed by atoms with Gasteiger partial charge in [0, 0.05) is 17.8 Å². The second-order valence-electron chi connectivity index (χ2n) is 7.27. The van der Waals surface area contributed by atoms with Crippen LogP contribution in [-0.2, 0) is 13.2 Å². The molecule has 0 spiro atoms. The van der Waals surface area contributed by atoms with E-state index in [4.69, 9.17) is 9.47 Å². The number of nitrogens with zero attached hydrogens (tertiary/aromatic N) is 2. The summed E-state index contributed by atoms with van der Waals surface area (Å²) in [5.74, 6) is 1.50. The van der Waals surface area contributed by atoms with Gasteiger partial charge in [0.25, 0.3) is 0 Å². The molecule has 5 nitrogen and oxygen atoms in total. The lowest BCUT2D eigenvalue weighted by atomic mass is 10.1. The van der Waals surface area contributed by atoms with Crippen LogP contribution in [0, 0.1) is 5.82 Å². The van der Waals surface area contributed by atoms with Gasteiger partial charge >= 0.3 is 0 Å². The SMILES string of the molecule is Fc1ccccc1COc1cc(OCc2ccccc2)ccc1-c1nc2ncccc2[nH]1. The first kappa shape index (κ1) is 19.8. The third-order valence-electron chi connectivity index (χ3n) is 5.05. The minimum atomic E-state index is -0.307. The summed E-state index contributed by atoms with van der Waals surface area (Å²) in [7, 11) is 0. The number of benzene rings is 3. The smallest absolute Gasteiger partial charge is 0.178 e. The van der Waals surface area contributed by atoms with Crippen LogP contribution in [0.1, 0.15) is 11.1 Å². The molecule has 5 rings (SSSR count). The number of aromatic amines is 1. The quantitative estimate of drug-likeness (QED) is 0.352. The Morgan fingerprint density at radius 1 is 0.812 bits per heavy atom. The van der Waals surface area contributed by atoms with Gasteiger partial charge in [0.2, 0.25) is 0 Å². The van der Waals surface area contributed by atoms with Crippen molar-refractivity contribution in [2.75, 3.05) is 0 Å². The molecule has 5 aromatic rings. The molecule has 0 bridgehead atoms. The predicted octanol–water partition coefficient (Wildman–Crippen LogP) is 5.92. The minimum Gasteiger partial charge on any atom is -0.489 e. The molecule has 2 aromatic heterocycles. The lowest BCUT2D eigenvalue weighted by Gasteiger charge is -2.13. The number of aromatic nitrogens is 3. The molecule has 6 heteroatoms. The van der Waals surface area contributed by atoms with Crippen LogP contribution in [0.4, 0.5) is 4.39 Å². The monoisotopic (exact) mass is 425 g/mol. The van der Waals surface area contributed by atoms with Gasteiger partial charge in [-0.15, -0.1) is 0 Å². The molecule has 0 radical (unpaired) electrons. The van der Waals surface area contributed by atoms with Crippen LogP contribution in [0.2, 0.25) is 0 Å². The first-order valence-electron chi connectivity index (χ1n) is 10.2. The Morgan fingerprint density at radius 3 is 2.50 bits per heavy atom. The highest BCUT2D eigenvalue weighted by molar-refractivity contribution is 5.77. The molecule has 32 heavy (non-hydrogen) atoms. The fourth-order valence-corrected chi connectivity index (χ4v) is 3.39. The number of imidazole rings is 1. The Kier molecular flexibility index (Phi) is 5.49. The Labute approximate surface area is 184 Å². The highest BCUT2D eigenvalue weighted by Gasteiger charge is 2.14. The summed E-state index contributed by atoms with van der Waals surface area (Å²) in [6.07, 6.45) is 1.70. The molecule has 0 aliphatic heterocycles. The molecular weight excluding hydrogens is 405 g/mol. The van der Waals surface area contributed by atoms with Crippen molar-refractivity contribution in [3.8, 4) is 22.9 Å². The summed E-state index contributed by atoms with van der Waals surface area (Å²) in [4.78, 5) is 12.1. The number of fused-ring (bicyclic) bond motifs is 1. The van der Waals surface area contributed by atoms with E-state index >= 15 is 0 Å². The maximum Gasteiger partial charge on any atom is 0.178 e. The van der Waals surface area contributed by atoms with Crippen LogP contribution in [0.5, 0.6) is 11.5 Å². The normalized spacial score (nSPS) is 10.9. The Balaban J connectivity index is 1.46. The number of nitrogens with one attached hydrogen (secondary N) is 1. The summed E-state index contributed by atoms with van der Waals surface area (Å²) in [5.41, 5.74) is 3.72. The van der Waals surface area contributed by atoms with Crippen molar-refractivity contribution in [2.24, 2.45) is 0 Å². The van der Waals surface area contributed by atoms with E-state index in [1.165, 1.54) is 6.07 Å². The topological polar surface area (TPSA) is 60.0 Å². The second kappa shape index (κ2) is 8.89. The lowest BCUT2D eigenvalue weighted by molar-refractivity contribution is 0.287. The third kappa shape index (κ3) is 4.30. The van der Waals surface area contributed by atoms with E-state index in [1.54, 1.807) is 30.5 Å². The number of pyridine rings is 1. The van der Waals surface area contributed by atoms with Crippen molar-refractivity contribution in [3.05, 3.63) is 108 Å². The molecule has 0 atom stereocenters. The summed E-state index contributed by atoms with van der Waals surface area (Å²) in [6, 6.07) is 25.8. The summed E-state index contributed by atoms with van der Waals surface area (Å²) >= 11 is 0. The Hall–Kier alpha value is -4.19. The standard InChI is InChI=1S/C26H20FN3O2/c27-22-10-5-4-9-19(22)17-32-24-15-20(31-16-18-7-2-1-3-8-18)12-13-21(24)25-29-23-11-6-14-28-26(23)30-25/h1-15H,16-17H2,(H,28,29,30). The number of ether oxygens (including phenoxy) is 2. The Bertz CT molecular complexity index is 1320. The van der Waals surface area contributed by atoms with E-state index in [0.717, 1.165) is 16.6 Å². The van der Waals surface area contributed by atoms with Gasteiger partial charge in [-0.2, -0.15) is 0 Å². The van der Waals surface area contributed by atoms with Gasteiger partial charge in [0.15, 0.2) is 5.65 Å². The molecule has 0 aliphatic rings. The highest BCUT2D eigenvalue weighted by Crippen LogP contribution is 2.34. The van der Waals surface area contributed by atoms with Crippen LogP contribution in [0.3, 0.4) is 0 Å². The van der Waals surface area contributed by atoms with E-state index in [-0.39, 0.29) is 12.4 Å². The van der Waals surface area contributed by atoms with Gasteiger partial charge in [-0.25, -0.2) is 14.4 Å². The fraction of sp³-hybridized carbons (Fsp3) is 0.0769. The van der Waals surface area contributed by atoms with Gasteiger partial charge < -0.3 is 14.5 Å². The number of hydrogen-bond acceptors (Lipinski definition) is 4. The first-order valence-corrected chi connectivity index (χ1v) is 10.2. The maximum absolute atomic E-state index is 14.1. The number of H-pyrrole nitrogens is 1. The largest absolute Gasteiger partial charge is 0.489 e. The molecule has 0 saturated carbocycles. The molecule has 158 valence electrons. The van der Waals surface area contributed by atoms with Crippen molar-refractivity contribution in [2.45, 2.75) is 13.2 Å². The van der Waals surface area contributed by atoms with Crippen LogP contribution in [0.25, 0.3) is 22.6 Å². The zero-order valence-electron chi connectivity index (χ0n) is 17.2. The molecule has 0 amide bonds. The fourth-order valence-electron chi connectivity index (χ4n) is 3.39. The third-order valence-corrected chi connectivity index (χ3v) is 5.05. The molecule has 0 aliphatic carbocycles. The van der Waals surface area contributed by atoms with Crippen LogP contribution >= 0.6 is 0 Å². The first-order chi connectivity index (χ1) is 15.8. The zero-order valence-corrected chi connectivity index (χ0v) is 17.2. The average molecular weight is 425 g/mol. The number of hydrogen-bond donors (Lipinski definition) is 1. The second-order valence-corrected chi connectivity index (χ2v) is 7.27. The highest BCUT2D eigenvalue weighted by atomic mass is 19.1. The van der Waals surface area contributed by atoms with Crippen molar-refractivity contribution in [3.63, 3.8) is 0 Å². The van der Waals surface area contributed by atoms with Gasteiger partial charge in [0.05, 0.1) is 11.1 Å². The van der Waals surface area contributed by atoms with Gasteiger partial charge in [-0.1, -0.05) is 48.5 Å². The van der Waals surface area contributed by atoms with Crippen LogP contribution in [0.15, 0.2) is 91.1 Å². The number of halogens is 1. The van der Waals surface area contributed by atoms with Crippen molar-refractivity contribution < 1.29 is 13.9 Å². The van der Waals surface area contributed by atoms with Gasteiger partial charge in [-0.05, 0) is 35.9 Å². The van der Waals surface area contributed by atoms with E-state index < -0.39 is 0 Å². The Morgan fingerprint density at radius 2 is 1.66 bits per heavy atom. The summed E-state index contributed by atoms with van der Waals surface area (Å²) in [6.45, 7) is 0.516. The molecule has 1 N–H and O–H groups in total. The summed E-state index contributed by atoms with van der Waals surface area (Å²) in [5, 5.41) is 0. The molecule has 0 unspecified atom stereocenters. The van der Waals surface area contributed by atoms with Crippen LogP contribution in [-0.4, -0.2) is 15.0 Å². The van der Waals surface area contributed by atoms with Crippen molar-refractivity contribution in [1.82, 2.24) is 15.0 Å². The molecule has 3 aromatic carbocycles. The van der Waals surface area contributed by atoms with E-state index in [1.807, 2.05) is 54.6 Å². The average Bonchev–Trinajstić information content (AvgIpc) is 3.27. The van der Waals surface area contributed by atoms with Gasteiger partial charge in [0.1, 0.15) is 36.4 Å². The predicted molar refractivity (Wildman–Crippen MR) is 121 cm³/mol. The molecule has 0 fully saturated rings. The number of rotatable bonds is 7. The molecule has 2 heterocycles. The maximum atomic E-state index is 14.1. The lowest BCUT2D eigenvalue weighted by Crippen LogP contribution is -2.01. The van der Waals surface area contributed by atoms with E-state index in [0.29, 0.717) is 35.1 Å². The van der Waals surface area contributed by atoms with E-state index in [2.05, 4.69) is 15.0 Å². The molecule has 0 saturated heterocycles. The van der Waals surface area contributed by atoms with Crippen LogP contribution < -0.4 is 9.47 Å².